The van der Waals surface area contributed by atoms with Crippen LogP contribution in [0.15, 0.2) is 18.2 Å². The van der Waals surface area contributed by atoms with Crippen LogP contribution in [0.4, 0.5) is 5.69 Å². The van der Waals surface area contributed by atoms with Gasteiger partial charge in [0.25, 0.3) is 0 Å². The topological polar surface area (TPSA) is 47.8 Å². The van der Waals surface area contributed by atoms with Crippen molar-refractivity contribution in [2.75, 3.05) is 18.4 Å². The maximum absolute atomic E-state index is 9.09. The van der Waals surface area contributed by atoms with E-state index >= 15 is 0 Å². The molecule has 1 saturated heterocycles. The van der Waals surface area contributed by atoms with E-state index in [4.69, 9.17) is 5.26 Å². The molecule has 1 atom stereocenters. The van der Waals surface area contributed by atoms with Gasteiger partial charge in [0, 0.05) is 12.6 Å². The van der Waals surface area contributed by atoms with Gasteiger partial charge in [0.1, 0.15) is 6.07 Å². The SMILES string of the molecule is Cc1cccc(NCC2CCCN2)c1C#N. The van der Waals surface area contributed by atoms with Gasteiger partial charge < -0.3 is 10.6 Å². The molecule has 84 valence electrons. The van der Waals surface area contributed by atoms with Gasteiger partial charge in [0.2, 0.25) is 0 Å². The van der Waals surface area contributed by atoms with Crippen LogP contribution >= 0.6 is 0 Å². The summed E-state index contributed by atoms with van der Waals surface area (Å²) in [6.45, 7) is 3.99. The molecule has 0 aliphatic carbocycles. The molecule has 0 radical (unpaired) electrons. The zero-order valence-corrected chi connectivity index (χ0v) is 9.59. The molecule has 16 heavy (non-hydrogen) atoms. The number of aryl methyl sites for hydroxylation is 1. The summed E-state index contributed by atoms with van der Waals surface area (Å²) in [6, 6.07) is 8.73. The van der Waals surface area contributed by atoms with Crippen molar-refractivity contribution in [3.05, 3.63) is 29.3 Å². The lowest BCUT2D eigenvalue weighted by atomic mass is 10.1. The number of rotatable bonds is 3. The first kappa shape index (κ1) is 11.0. The Morgan fingerprint density at radius 3 is 3.12 bits per heavy atom. The lowest BCUT2D eigenvalue weighted by Gasteiger charge is -2.14. The molecule has 3 nitrogen and oxygen atoms in total. The van der Waals surface area contributed by atoms with Gasteiger partial charge in [-0.3, -0.25) is 0 Å². The lowest BCUT2D eigenvalue weighted by molar-refractivity contribution is 0.633. The minimum Gasteiger partial charge on any atom is -0.382 e. The van der Waals surface area contributed by atoms with Crippen molar-refractivity contribution in [1.29, 1.82) is 5.26 Å². The van der Waals surface area contributed by atoms with E-state index in [0.29, 0.717) is 6.04 Å². The Kier molecular flexibility index (Phi) is 3.43. The Labute approximate surface area is 96.5 Å². The Balaban J connectivity index is 2.03. The molecule has 1 aromatic rings. The zero-order chi connectivity index (χ0) is 11.4. The largest absolute Gasteiger partial charge is 0.382 e. The molecule has 1 aliphatic heterocycles. The summed E-state index contributed by atoms with van der Waals surface area (Å²) in [5.41, 5.74) is 2.75. The predicted octanol–water partition coefficient (Wildman–Crippen LogP) is 2.03. The number of hydrogen-bond acceptors (Lipinski definition) is 3. The van der Waals surface area contributed by atoms with Gasteiger partial charge in [0.15, 0.2) is 0 Å². The predicted molar refractivity (Wildman–Crippen MR) is 65.4 cm³/mol. The van der Waals surface area contributed by atoms with Gasteiger partial charge in [-0.2, -0.15) is 5.26 Å². The van der Waals surface area contributed by atoms with E-state index in [1.54, 1.807) is 0 Å². The summed E-state index contributed by atoms with van der Waals surface area (Å²) in [5.74, 6) is 0. The number of nitrogens with zero attached hydrogens (tertiary/aromatic N) is 1. The average Bonchev–Trinajstić information content (AvgIpc) is 2.79. The standard InChI is InChI=1S/C13H17N3/c1-10-4-2-6-13(12(10)8-14)16-9-11-5-3-7-15-11/h2,4,6,11,15-16H,3,5,7,9H2,1H3. The maximum Gasteiger partial charge on any atom is 0.102 e. The van der Waals surface area contributed by atoms with Crippen LogP contribution in [0.2, 0.25) is 0 Å². The van der Waals surface area contributed by atoms with Crippen molar-refractivity contribution in [3.8, 4) is 6.07 Å². The van der Waals surface area contributed by atoms with Gasteiger partial charge in [0.05, 0.1) is 11.3 Å². The lowest BCUT2D eigenvalue weighted by Crippen LogP contribution is -2.29. The Bertz CT molecular complexity index is 400. The molecular weight excluding hydrogens is 198 g/mol. The van der Waals surface area contributed by atoms with Gasteiger partial charge in [-0.15, -0.1) is 0 Å². The molecule has 0 saturated carbocycles. The number of benzene rings is 1. The van der Waals surface area contributed by atoms with Gasteiger partial charge in [-0.05, 0) is 37.9 Å². The molecule has 2 rings (SSSR count). The van der Waals surface area contributed by atoms with E-state index in [0.717, 1.165) is 29.9 Å². The Morgan fingerprint density at radius 1 is 1.56 bits per heavy atom. The van der Waals surface area contributed by atoms with Crippen molar-refractivity contribution >= 4 is 5.69 Å². The summed E-state index contributed by atoms with van der Waals surface area (Å²) >= 11 is 0. The van der Waals surface area contributed by atoms with Crippen LogP contribution in [0, 0.1) is 18.3 Å². The third kappa shape index (κ3) is 2.34. The quantitative estimate of drug-likeness (QED) is 0.811. The van der Waals surface area contributed by atoms with Crippen molar-refractivity contribution in [2.24, 2.45) is 0 Å². The summed E-state index contributed by atoms with van der Waals surface area (Å²) < 4.78 is 0. The Morgan fingerprint density at radius 2 is 2.44 bits per heavy atom. The van der Waals surface area contributed by atoms with Crippen LogP contribution < -0.4 is 10.6 Å². The van der Waals surface area contributed by atoms with E-state index in [1.807, 2.05) is 25.1 Å². The van der Waals surface area contributed by atoms with Crippen LogP contribution in [0.5, 0.6) is 0 Å². The first-order chi connectivity index (χ1) is 7.81. The second-order valence-corrected chi connectivity index (χ2v) is 4.28. The number of anilines is 1. The zero-order valence-electron chi connectivity index (χ0n) is 9.59. The molecule has 1 aromatic carbocycles. The van der Waals surface area contributed by atoms with Crippen molar-refractivity contribution in [1.82, 2.24) is 5.32 Å². The molecule has 0 bridgehead atoms. The highest BCUT2D eigenvalue weighted by atomic mass is 15.0. The molecule has 1 heterocycles. The molecule has 2 N–H and O–H groups in total. The monoisotopic (exact) mass is 215 g/mol. The maximum atomic E-state index is 9.09. The van der Waals surface area contributed by atoms with Crippen LogP contribution in [0.25, 0.3) is 0 Å². The van der Waals surface area contributed by atoms with Gasteiger partial charge in [-0.1, -0.05) is 12.1 Å². The van der Waals surface area contributed by atoms with Crippen LogP contribution in [0.3, 0.4) is 0 Å². The molecule has 1 unspecified atom stereocenters. The van der Waals surface area contributed by atoms with E-state index in [-0.39, 0.29) is 0 Å². The highest BCUT2D eigenvalue weighted by Crippen LogP contribution is 2.18. The third-order valence-corrected chi connectivity index (χ3v) is 3.09. The normalized spacial score (nSPS) is 19.4. The van der Waals surface area contributed by atoms with E-state index in [1.165, 1.54) is 12.8 Å². The fraction of sp³-hybridized carbons (Fsp3) is 0.462. The van der Waals surface area contributed by atoms with E-state index in [9.17, 15) is 0 Å². The molecule has 3 heteroatoms. The molecule has 1 aliphatic rings. The summed E-state index contributed by atoms with van der Waals surface area (Å²) in [4.78, 5) is 0. The van der Waals surface area contributed by atoms with E-state index in [2.05, 4.69) is 16.7 Å². The number of hydrogen-bond donors (Lipinski definition) is 2. The second-order valence-electron chi connectivity index (χ2n) is 4.28. The van der Waals surface area contributed by atoms with Crippen molar-refractivity contribution in [2.45, 2.75) is 25.8 Å². The smallest absolute Gasteiger partial charge is 0.102 e. The van der Waals surface area contributed by atoms with Crippen LogP contribution in [0.1, 0.15) is 24.0 Å². The fourth-order valence-corrected chi connectivity index (χ4v) is 2.13. The highest BCUT2D eigenvalue weighted by molar-refractivity contribution is 5.60. The molecule has 1 fully saturated rings. The minimum atomic E-state index is 0.548. The summed E-state index contributed by atoms with van der Waals surface area (Å²) in [7, 11) is 0. The number of nitrogens with one attached hydrogen (secondary N) is 2. The third-order valence-electron chi connectivity index (χ3n) is 3.09. The van der Waals surface area contributed by atoms with Crippen molar-refractivity contribution < 1.29 is 0 Å². The molecule has 0 spiro atoms. The molecular formula is C13H17N3. The highest BCUT2D eigenvalue weighted by Gasteiger charge is 2.14. The molecule has 0 amide bonds. The minimum absolute atomic E-state index is 0.548. The summed E-state index contributed by atoms with van der Waals surface area (Å²) in [6.07, 6.45) is 2.48. The van der Waals surface area contributed by atoms with Gasteiger partial charge in [-0.25, -0.2) is 0 Å². The first-order valence-electron chi connectivity index (χ1n) is 5.78. The fourth-order valence-electron chi connectivity index (χ4n) is 2.13. The Hall–Kier alpha value is -1.53. The van der Waals surface area contributed by atoms with Crippen LogP contribution in [-0.2, 0) is 0 Å². The van der Waals surface area contributed by atoms with E-state index < -0.39 is 0 Å². The summed E-state index contributed by atoms with van der Waals surface area (Å²) in [5, 5.41) is 15.9. The number of nitriles is 1. The van der Waals surface area contributed by atoms with Gasteiger partial charge >= 0.3 is 0 Å². The molecule has 0 aromatic heterocycles. The van der Waals surface area contributed by atoms with Crippen LogP contribution in [-0.4, -0.2) is 19.1 Å². The second kappa shape index (κ2) is 5.00. The first-order valence-corrected chi connectivity index (χ1v) is 5.78. The average molecular weight is 215 g/mol. The van der Waals surface area contributed by atoms with Crippen molar-refractivity contribution in [3.63, 3.8) is 0 Å².